The van der Waals surface area contributed by atoms with E-state index in [4.69, 9.17) is 16.3 Å². The topological polar surface area (TPSA) is 64.4 Å². The van der Waals surface area contributed by atoms with E-state index >= 15 is 0 Å². The zero-order valence-electron chi connectivity index (χ0n) is 16.2. The van der Waals surface area contributed by atoms with E-state index in [1.807, 2.05) is 31.2 Å². The molecule has 2 aromatic rings. The lowest BCUT2D eigenvalue weighted by molar-refractivity contribution is -0.142. The third-order valence-electron chi connectivity index (χ3n) is 4.75. The van der Waals surface area contributed by atoms with Gasteiger partial charge in [-0.05, 0) is 37.5 Å². The Hall–Kier alpha value is -2.60. The van der Waals surface area contributed by atoms with Crippen molar-refractivity contribution in [2.45, 2.75) is 39.7 Å². The summed E-state index contributed by atoms with van der Waals surface area (Å²) in [5.74, 6) is -0.814. The van der Waals surface area contributed by atoms with E-state index in [1.165, 1.54) is 6.08 Å². The molecule has 1 amide bonds. The molecule has 0 aliphatic carbocycles. The highest BCUT2D eigenvalue weighted by molar-refractivity contribution is 6.31. The first-order valence-electron chi connectivity index (χ1n) is 9.47. The summed E-state index contributed by atoms with van der Waals surface area (Å²) < 4.78 is 6.85. The molecule has 28 heavy (non-hydrogen) atoms. The molecule has 0 bridgehead atoms. The predicted molar refractivity (Wildman–Crippen MR) is 109 cm³/mol. The lowest BCUT2D eigenvalue weighted by Crippen LogP contribution is -2.33. The van der Waals surface area contributed by atoms with Crippen molar-refractivity contribution in [3.05, 3.63) is 52.3 Å². The Labute approximate surface area is 169 Å². The van der Waals surface area contributed by atoms with Gasteiger partial charge in [-0.1, -0.05) is 43.1 Å². The van der Waals surface area contributed by atoms with Crippen LogP contribution in [0.15, 0.2) is 30.3 Å². The number of fused-ring (bicyclic) bond motifs is 1. The molecule has 2 heterocycles. The Bertz CT molecular complexity index is 904. The Morgan fingerprint density at radius 3 is 2.89 bits per heavy atom. The molecule has 0 fully saturated rings. The normalized spacial score (nSPS) is 13.2. The highest BCUT2D eigenvalue weighted by Crippen LogP contribution is 2.27. The van der Waals surface area contributed by atoms with Gasteiger partial charge in [-0.2, -0.15) is 5.10 Å². The molecule has 1 aromatic heterocycles. The van der Waals surface area contributed by atoms with Crippen LogP contribution in [0.2, 0.25) is 5.15 Å². The molecule has 0 radical (unpaired) electrons. The number of aryl methyl sites for hydroxylation is 2. The van der Waals surface area contributed by atoms with Crippen LogP contribution in [0.3, 0.4) is 0 Å². The van der Waals surface area contributed by atoms with Gasteiger partial charge in [0.05, 0.1) is 5.69 Å². The van der Waals surface area contributed by atoms with Gasteiger partial charge in [0.1, 0.15) is 5.15 Å². The Balaban J connectivity index is 1.56. The number of para-hydroxylation sites is 1. The van der Waals surface area contributed by atoms with Crippen molar-refractivity contribution in [1.29, 1.82) is 0 Å². The fraction of sp³-hybridized carbons (Fsp3) is 0.381. The van der Waals surface area contributed by atoms with Crippen LogP contribution in [0.25, 0.3) is 6.08 Å². The fourth-order valence-electron chi connectivity index (χ4n) is 3.22. The Kier molecular flexibility index (Phi) is 6.52. The summed E-state index contributed by atoms with van der Waals surface area (Å²) in [6, 6.07) is 7.76. The number of nitrogens with zero attached hydrogens (tertiary/aromatic N) is 3. The molecular weight excluding hydrogens is 378 g/mol. The van der Waals surface area contributed by atoms with E-state index in [1.54, 1.807) is 15.7 Å². The molecule has 6 nitrogen and oxygen atoms in total. The first-order chi connectivity index (χ1) is 13.5. The average molecular weight is 402 g/mol. The van der Waals surface area contributed by atoms with Crippen molar-refractivity contribution >= 4 is 35.2 Å². The van der Waals surface area contributed by atoms with Gasteiger partial charge in [0.15, 0.2) is 6.61 Å². The largest absolute Gasteiger partial charge is 0.452 e. The van der Waals surface area contributed by atoms with Gasteiger partial charge in [0.2, 0.25) is 0 Å². The second-order valence-electron chi connectivity index (χ2n) is 6.73. The summed E-state index contributed by atoms with van der Waals surface area (Å²) in [5.41, 5.74) is 3.46. The monoisotopic (exact) mass is 401 g/mol. The number of benzene rings is 1. The number of aromatic nitrogens is 2. The van der Waals surface area contributed by atoms with Crippen molar-refractivity contribution in [3.63, 3.8) is 0 Å². The minimum absolute atomic E-state index is 0.228. The summed E-state index contributed by atoms with van der Waals surface area (Å²) in [7, 11) is 0. The zero-order valence-corrected chi connectivity index (χ0v) is 16.9. The molecule has 1 aliphatic rings. The number of esters is 1. The molecular formula is C21H24ClN3O3. The quantitative estimate of drug-likeness (QED) is 0.523. The van der Waals surface area contributed by atoms with Crippen molar-refractivity contribution in [3.8, 4) is 0 Å². The van der Waals surface area contributed by atoms with Crippen LogP contribution in [0, 0.1) is 6.92 Å². The number of halogens is 1. The average Bonchev–Trinajstić information content (AvgIpc) is 3.24. The maximum atomic E-state index is 12.4. The van der Waals surface area contributed by atoms with Crippen LogP contribution < -0.4 is 4.90 Å². The number of carbonyl (C=O) groups is 2. The van der Waals surface area contributed by atoms with Crippen molar-refractivity contribution in [1.82, 2.24) is 9.78 Å². The molecule has 1 aromatic carbocycles. The van der Waals surface area contributed by atoms with Crippen LogP contribution in [0.1, 0.15) is 36.6 Å². The predicted octanol–water partition coefficient (Wildman–Crippen LogP) is 3.79. The SMILES string of the molecule is CCCCn1nc(C)c(/C=C/C(=O)OCC(=O)N2CCc3ccccc32)c1Cl. The number of carbonyl (C=O) groups excluding carboxylic acids is 2. The molecule has 0 atom stereocenters. The second kappa shape index (κ2) is 9.06. The van der Waals surface area contributed by atoms with Gasteiger partial charge in [-0.25, -0.2) is 4.79 Å². The van der Waals surface area contributed by atoms with Crippen LogP contribution in [0.5, 0.6) is 0 Å². The number of unbranched alkanes of at least 4 members (excludes halogenated alkanes) is 1. The van der Waals surface area contributed by atoms with Crippen molar-refractivity contribution in [2.75, 3.05) is 18.1 Å². The lowest BCUT2D eigenvalue weighted by Gasteiger charge is -2.16. The van der Waals surface area contributed by atoms with Crippen molar-refractivity contribution in [2.24, 2.45) is 0 Å². The van der Waals surface area contributed by atoms with Gasteiger partial charge in [-0.3, -0.25) is 9.48 Å². The number of amides is 1. The van der Waals surface area contributed by atoms with Crippen LogP contribution in [-0.2, 0) is 27.3 Å². The first kappa shape index (κ1) is 20.1. The molecule has 1 aliphatic heterocycles. The summed E-state index contributed by atoms with van der Waals surface area (Å²) >= 11 is 6.35. The fourth-order valence-corrected chi connectivity index (χ4v) is 3.54. The molecule has 3 rings (SSSR count). The molecule has 0 saturated heterocycles. The zero-order chi connectivity index (χ0) is 20.1. The van der Waals surface area contributed by atoms with E-state index in [0.29, 0.717) is 17.3 Å². The molecule has 7 heteroatoms. The standard InChI is InChI=1S/C21H24ClN3O3/c1-3-4-12-25-21(22)17(15(2)23-25)9-10-20(27)28-14-19(26)24-13-11-16-7-5-6-8-18(16)24/h5-10H,3-4,11-14H2,1-2H3/b10-9+. The maximum Gasteiger partial charge on any atom is 0.331 e. The Morgan fingerprint density at radius 1 is 1.32 bits per heavy atom. The smallest absolute Gasteiger partial charge is 0.331 e. The first-order valence-corrected chi connectivity index (χ1v) is 9.85. The summed E-state index contributed by atoms with van der Waals surface area (Å²) in [6.45, 7) is 4.99. The lowest BCUT2D eigenvalue weighted by atomic mass is 10.2. The van der Waals surface area contributed by atoms with Gasteiger partial charge in [0.25, 0.3) is 5.91 Å². The van der Waals surface area contributed by atoms with E-state index in [-0.39, 0.29) is 12.5 Å². The molecule has 0 unspecified atom stereocenters. The number of hydrogen-bond acceptors (Lipinski definition) is 4. The van der Waals surface area contributed by atoms with Gasteiger partial charge in [0, 0.05) is 30.4 Å². The minimum atomic E-state index is -0.586. The molecule has 0 N–H and O–H groups in total. The molecule has 148 valence electrons. The van der Waals surface area contributed by atoms with E-state index in [0.717, 1.165) is 42.8 Å². The summed E-state index contributed by atoms with van der Waals surface area (Å²) in [6.07, 6.45) is 5.71. The summed E-state index contributed by atoms with van der Waals surface area (Å²) in [5, 5.41) is 4.89. The number of rotatable bonds is 7. The van der Waals surface area contributed by atoms with Gasteiger partial charge < -0.3 is 9.64 Å². The van der Waals surface area contributed by atoms with E-state index in [9.17, 15) is 9.59 Å². The highest BCUT2D eigenvalue weighted by atomic mass is 35.5. The van der Waals surface area contributed by atoms with Gasteiger partial charge >= 0.3 is 5.97 Å². The number of hydrogen-bond donors (Lipinski definition) is 0. The Morgan fingerprint density at radius 2 is 2.11 bits per heavy atom. The number of anilines is 1. The number of ether oxygens (including phenoxy) is 1. The van der Waals surface area contributed by atoms with Gasteiger partial charge in [-0.15, -0.1) is 0 Å². The highest BCUT2D eigenvalue weighted by Gasteiger charge is 2.24. The summed E-state index contributed by atoms with van der Waals surface area (Å²) in [4.78, 5) is 26.1. The minimum Gasteiger partial charge on any atom is -0.452 e. The van der Waals surface area contributed by atoms with Crippen LogP contribution >= 0.6 is 11.6 Å². The molecule has 0 spiro atoms. The van der Waals surface area contributed by atoms with E-state index in [2.05, 4.69) is 12.0 Å². The maximum absolute atomic E-state index is 12.4. The van der Waals surface area contributed by atoms with Crippen LogP contribution in [0.4, 0.5) is 5.69 Å². The molecule has 0 saturated carbocycles. The third-order valence-corrected chi connectivity index (χ3v) is 5.14. The van der Waals surface area contributed by atoms with Crippen LogP contribution in [-0.4, -0.2) is 34.8 Å². The second-order valence-corrected chi connectivity index (χ2v) is 7.09. The third kappa shape index (κ3) is 4.44. The van der Waals surface area contributed by atoms with E-state index < -0.39 is 5.97 Å². The van der Waals surface area contributed by atoms with Crippen molar-refractivity contribution < 1.29 is 14.3 Å².